The molecule has 2 atom stereocenters. The van der Waals surface area contributed by atoms with Crippen LogP contribution in [0.4, 0.5) is 0 Å². The molecule has 138 valence electrons. The number of aromatic nitrogens is 2. The summed E-state index contributed by atoms with van der Waals surface area (Å²) in [5.41, 5.74) is 6.54. The molecule has 1 heterocycles. The third kappa shape index (κ3) is 4.89. The molecule has 4 N–H and O–H groups in total. The Labute approximate surface area is 154 Å². The van der Waals surface area contributed by atoms with E-state index >= 15 is 0 Å². The van der Waals surface area contributed by atoms with E-state index in [1.165, 1.54) is 25.0 Å². The van der Waals surface area contributed by atoms with E-state index in [1.54, 1.807) is 0 Å². The average molecular weight is 368 g/mol. The van der Waals surface area contributed by atoms with Gasteiger partial charge >= 0.3 is 0 Å². The van der Waals surface area contributed by atoms with Gasteiger partial charge in [-0.15, -0.1) is 12.4 Å². The van der Waals surface area contributed by atoms with Gasteiger partial charge in [0.1, 0.15) is 5.69 Å². The number of carbonyl (C=O) groups excluding carboxylic acids is 2. The van der Waals surface area contributed by atoms with E-state index in [1.807, 2.05) is 0 Å². The molecule has 2 fully saturated rings. The van der Waals surface area contributed by atoms with E-state index in [2.05, 4.69) is 20.6 Å². The smallest absolute Gasteiger partial charge is 0.271 e. The third-order valence-electron chi connectivity index (χ3n) is 5.29. The molecule has 2 bridgehead atoms. The first kappa shape index (κ1) is 19.6. The van der Waals surface area contributed by atoms with Crippen LogP contribution in [0.1, 0.15) is 42.6 Å². The maximum atomic E-state index is 12.4. The number of fused-ring (bicyclic) bond motifs is 2. The van der Waals surface area contributed by atoms with Crippen LogP contribution in [0.5, 0.6) is 0 Å². The summed E-state index contributed by atoms with van der Waals surface area (Å²) in [5.74, 6) is 0.855. The lowest BCUT2D eigenvalue weighted by Crippen LogP contribution is -2.49. The summed E-state index contributed by atoms with van der Waals surface area (Å²) in [7, 11) is 0. The second kappa shape index (κ2) is 9.10. The van der Waals surface area contributed by atoms with Gasteiger partial charge in [-0.05, 0) is 37.5 Å². The summed E-state index contributed by atoms with van der Waals surface area (Å²) < 4.78 is 0. The summed E-state index contributed by atoms with van der Waals surface area (Å²) in [6.45, 7) is 0.795. The number of carbonyl (C=O) groups is 2. The molecule has 2 amide bonds. The largest absolute Gasteiger partial charge is 0.354 e. The van der Waals surface area contributed by atoms with Crippen LogP contribution in [0.2, 0.25) is 0 Å². The van der Waals surface area contributed by atoms with Crippen LogP contribution in [0, 0.1) is 17.8 Å². The fourth-order valence-electron chi connectivity index (χ4n) is 4.02. The van der Waals surface area contributed by atoms with Crippen molar-refractivity contribution in [2.75, 3.05) is 13.1 Å². The van der Waals surface area contributed by atoms with E-state index in [0.717, 1.165) is 25.7 Å². The molecule has 2 aliphatic rings. The highest BCUT2D eigenvalue weighted by atomic mass is 35.5. The van der Waals surface area contributed by atoms with Gasteiger partial charge in [-0.2, -0.15) is 0 Å². The van der Waals surface area contributed by atoms with Gasteiger partial charge in [0, 0.05) is 37.4 Å². The first-order chi connectivity index (χ1) is 11.6. The minimum absolute atomic E-state index is 0. The van der Waals surface area contributed by atoms with Gasteiger partial charge in [0.25, 0.3) is 5.91 Å². The van der Waals surface area contributed by atoms with E-state index in [9.17, 15) is 9.59 Å². The Morgan fingerprint density at radius 1 is 1.12 bits per heavy atom. The zero-order chi connectivity index (χ0) is 16.9. The molecule has 25 heavy (non-hydrogen) atoms. The highest BCUT2D eigenvalue weighted by molar-refractivity contribution is 5.91. The number of halogens is 1. The summed E-state index contributed by atoms with van der Waals surface area (Å²) in [6, 6.07) is 0.272. The number of nitrogens with zero attached hydrogens (tertiary/aromatic N) is 2. The SMILES string of the molecule is Cl.NC1C2CCCC1CC(C(=O)NCCNC(=O)c1cnccn1)C2. The van der Waals surface area contributed by atoms with E-state index < -0.39 is 0 Å². The van der Waals surface area contributed by atoms with Gasteiger partial charge in [-0.1, -0.05) is 6.42 Å². The second-order valence-corrected chi connectivity index (χ2v) is 6.83. The van der Waals surface area contributed by atoms with Gasteiger partial charge in [0.2, 0.25) is 5.91 Å². The fraction of sp³-hybridized carbons (Fsp3) is 0.647. The number of hydrogen-bond donors (Lipinski definition) is 3. The molecule has 1 aromatic heterocycles. The molecule has 1 aromatic rings. The number of nitrogens with two attached hydrogens (primary N) is 1. The molecule has 3 rings (SSSR count). The molecule has 0 spiro atoms. The molecule has 0 radical (unpaired) electrons. The lowest BCUT2D eigenvalue weighted by Gasteiger charge is -2.43. The Morgan fingerprint density at radius 3 is 2.44 bits per heavy atom. The topological polar surface area (TPSA) is 110 Å². The Bertz CT molecular complexity index is 572. The zero-order valence-electron chi connectivity index (χ0n) is 14.2. The van der Waals surface area contributed by atoms with Crippen LogP contribution in [-0.4, -0.2) is 40.9 Å². The molecular weight excluding hydrogens is 342 g/mol. The molecule has 0 saturated heterocycles. The minimum Gasteiger partial charge on any atom is -0.354 e. The second-order valence-electron chi connectivity index (χ2n) is 6.83. The normalized spacial score (nSPS) is 27.7. The quantitative estimate of drug-likeness (QED) is 0.670. The lowest BCUT2D eigenvalue weighted by atomic mass is 9.65. The van der Waals surface area contributed by atoms with Crippen molar-refractivity contribution in [3.05, 3.63) is 24.3 Å². The number of rotatable bonds is 5. The number of hydrogen-bond acceptors (Lipinski definition) is 5. The standard InChI is InChI=1S/C17H25N5O2.ClH/c18-15-11-2-1-3-12(15)9-13(8-11)16(23)21-6-7-22-17(24)14-10-19-4-5-20-14;/h4-5,10-13,15H,1-3,6-9,18H2,(H,21,23)(H,22,24);1H. The monoisotopic (exact) mass is 367 g/mol. The molecule has 7 nitrogen and oxygen atoms in total. The van der Waals surface area contributed by atoms with Crippen LogP contribution in [0.25, 0.3) is 0 Å². The van der Waals surface area contributed by atoms with E-state index in [-0.39, 0.29) is 41.9 Å². The van der Waals surface area contributed by atoms with Crippen molar-refractivity contribution in [1.29, 1.82) is 0 Å². The average Bonchev–Trinajstić information content (AvgIpc) is 2.59. The Hall–Kier alpha value is -1.73. The van der Waals surface area contributed by atoms with Crippen LogP contribution >= 0.6 is 12.4 Å². The predicted molar refractivity (Wildman–Crippen MR) is 96.2 cm³/mol. The molecule has 2 aliphatic carbocycles. The number of amides is 2. The Kier molecular flexibility index (Phi) is 7.13. The molecule has 2 unspecified atom stereocenters. The van der Waals surface area contributed by atoms with Crippen LogP contribution in [0.15, 0.2) is 18.6 Å². The summed E-state index contributed by atoms with van der Waals surface area (Å²) in [6.07, 6.45) is 9.74. The van der Waals surface area contributed by atoms with Crippen molar-refractivity contribution in [3.63, 3.8) is 0 Å². The van der Waals surface area contributed by atoms with Crippen LogP contribution < -0.4 is 16.4 Å². The van der Waals surface area contributed by atoms with Gasteiger partial charge in [-0.25, -0.2) is 4.98 Å². The lowest BCUT2D eigenvalue weighted by molar-refractivity contribution is -0.127. The molecule has 0 aliphatic heterocycles. The minimum atomic E-state index is -0.282. The first-order valence-corrected chi connectivity index (χ1v) is 8.72. The van der Waals surface area contributed by atoms with E-state index in [0.29, 0.717) is 24.9 Å². The summed E-state index contributed by atoms with van der Waals surface area (Å²) >= 11 is 0. The maximum Gasteiger partial charge on any atom is 0.271 e. The van der Waals surface area contributed by atoms with Gasteiger partial charge in [0.15, 0.2) is 0 Å². The summed E-state index contributed by atoms with van der Waals surface area (Å²) in [5, 5.41) is 5.66. The molecular formula is C17H26ClN5O2. The highest BCUT2D eigenvalue weighted by Crippen LogP contribution is 2.41. The zero-order valence-corrected chi connectivity index (χ0v) is 15.0. The van der Waals surface area contributed by atoms with Crippen molar-refractivity contribution < 1.29 is 9.59 Å². The number of nitrogens with one attached hydrogen (secondary N) is 2. The van der Waals surface area contributed by atoms with Crippen molar-refractivity contribution >= 4 is 24.2 Å². The Balaban J connectivity index is 0.00000225. The molecule has 0 aromatic carbocycles. The van der Waals surface area contributed by atoms with Crippen molar-refractivity contribution in [2.24, 2.45) is 23.5 Å². The van der Waals surface area contributed by atoms with Crippen molar-refractivity contribution in [1.82, 2.24) is 20.6 Å². The predicted octanol–water partition coefficient (Wildman–Crippen LogP) is 0.898. The first-order valence-electron chi connectivity index (χ1n) is 8.72. The van der Waals surface area contributed by atoms with Gasteiger partial charge in [-0.3, -0.25) is 14.6 Å². The van der Waals surface area contributed by atoms with Crippen molar-refractivity contribution in [2.45, 2.75) is 38.1 Å². The van der Waals surface area contributed by atoms with Gasteiger partial charge in [0.05, 0.1) is 6.20 Å². The Morgan fingerprint density at radius 2 is 1.80 bits per heavy atom. The van der Waals surface area contributed by atoms with Crippen LogP contribution in [0.3, 0.4) is 0 Å². The highest BCUT2D eigenvalue weighted by Gasteiger charge is 2.40. The van der Waals surface area contributed by atoms with Crippen molar-refractivity contribution in [3.8, 4) is 0 Å². The fourth-order valence-corrected chi connectivity index (χ4v) is 4.02. The molecule has 2 saturated carbocycles. The third-order valence-corrected chi connectivity index (χ3v) is 5.29. The van der Waals surface area contributed by atoms with Gasteiger partial charge < -0.3 is 16.4 Å². The van der Waals surface area contributed by atoms with Crippen LogP contribution in [-0.2, 0) is 4.79 Å². The summed E-state index contributed by atoms with van der Waals surface area (Å²) in [4.78, 5) is 32.0. The van der Waals surface area contributed by atoms with E-state index in [4.69, 9.17) is 5.73 Å². The maximum absolute atomic E-state index is 12.4. The molecule has 8 heteroatoms.